The molecule has 0 saturated heterocycles. The van der Waals surface area contributed by atoms with E-state index in [0.29, 0.717) is 12.5 Å². The number of aromatic nitrogens is 1. The lowest BCUT2D eigenvalue weighted by molar-refractivity contribution is 0.0411. The van der Waals surface area contributed by atoms with Crippen LogP contribution in [0.4, 0.5) is 0 Å². The quantitative estimate of drug-likeness (QED) is 0.824. The Morgan fingerprint density at radius 3 is 2.88 bits per heavy atom. The first kappa shape index (κ1) is 12.4. The molecule has 0 spiro atoms. The van der Waals surface area contributed by atoms with Gasteiger partial charge in [0.25, 0.3) is 0 Å². The van der Waals surface area contributed by atoms with Crippen LogP contribution in [-0.4, -0.2) is 16.7 Å². The van der Waals surface area contributed by atoms with Gasteiger partial charge in [0.05, 0.1) is 18.4 Å². The summed E-state index contributed by atoms with van der Waals surface area (Å²) in [5.41, 5.74) is 0.0812. The molecule has 1 unspecified atom stereocenters. The maximum atomic E-state index is 10.5. The first-order valence-electron chi connectivity index (χ1n) is 6.42. The van der Waals surface area contributed by atoms with Crippen LogP contribution in [0.2, 0.25) is 0 Å². The summed E-state index contributed by atoms with van der Waals surface area (Å²) in [7, 11) is 0. The predicted molar refractivity (Wildman–Crippen MR) is 66.9 cm³/mol. The van der Waals surface area contributed by atoms with Gasteiger partial charge in [-0.3, -0.25) is 4.98 Å². The summed E-state index contributed by atoms with van der Waals surface area (Å²) < 4.78 is 5.54. The third-order valence-corrected chi connectivity index (χ3v) is 3.19. The Morgan fingerprint density at radius 2 is 2.24 bits per heavy atom. The van der Waals surface area contributed by atoms with Crippen LogP contribution in [0.1, 0.15) is 45.1 Å². The molecule has 0 aliphatic heterocycles. The lowest BCUT2D eigenvalue weighted by Gasteiger charge is -2.23. The topological polar surface area (TPSA) is 42.4 Å². The van der Waals surface area contributed by atoms with Crippen molar-refractivity contribution in [2.75, 3.05) is 6.61 Å². The fourth-order valence-corrected chi connectivity index (χ4v) is 2.01. The van der Waals surface area contributed by atoms with Gasteiger partial charge >= 0.3 is 0 Å². The molecule has 0 aromatic carbocycles. The Morgan fingerprint density at radius 1 is 1.47 bits per heavy atom. The summed E-state index contributed by atoms with van der Waals surface area (Å²) in [4.78, 5) is 4.15. The minimum absolute atomic E-state index is 0.685. The van der Waals surface area contributed by atoms with E-state index in [0.717, 1.165) is 24.2 Å². The summed E-state index contributed by atoms with van der Waals surface area (Å²) in [6.45, 7) is 4.63. The maximum Gasteiger partial charge on any atom is 0.137 e. The second-order valence-electron chi connectivity index (χ2n) is 5.18. The molecule has 1 N–H and O–H groups in total. The smallest absolute Gasteiger partial charge is 0.137 e. The van der Waals surface area contributed by atoms with Crippen molar-refractivity contribution in [3.05, 3.63) is 24.0 Å². The number of rotatable bonds is 6. The Balaban J connectivity index is 2.07. The Hall–Kier alpha value is -1.09. The van der Waals surface area contributed by atoms with Crippen LogP contribution < -0.4 is 4.74 Å². The average molecular weight is 235 g/mol. The second-order valence-corrected chi connectivity index (χ2v) is 5.18. The molecule has 94 valence electrons. The fraction of sp³-hybridized carbons (Fsp3) is 0.643. The highest BCUT2D eigenvalue weighted by atomic mass is 16.5. The maximum absolute atomic E-state index is 10.5. The van der Waals surface area contributed by atoms with E-state index in [4.69, 9.17) is 4.74 Å². The lowest BCUT2D eigenvalue weighted by Crippen LogP contribution is -2.22. The Bertz CT molecular complexity index is 372. The predicted octanol–water partition coefficient (Wildman–Crippen LogP) is 2.88. The van der Waals surface area contributed by atoms with E-state index in [1.165, 1.54) is 12.8 Å². The van der Waals surface area contributed by atoms with Gasteiger partial charge in [-0.2, -0.15) is 0 Å². The first-order valence-corrected chi connectivity index (χ1v) is 6.42. The van der Waals surface area contributed by atoms with E-state index < -0.39 is 5.60 Å². The van der Waals surface area contributed by atoms with Crippen LogP contribution in [0.5, 0.6) is 5.75 Å². The first-order chi connectivity index (χ1) is 8.12. The van der Waals surface area contributed by atoms with E-state index in [9.17, 15) is 5.11 Å². The van der Waals surface area contributed by atoms with Gasteiger partial charge in [0, 0.05) is 11.8 Å². The highest BCUT2D eigenvalue weighted by Gasteiger charge is 2.33. The number of hydrogen-bond acceptors (Lipinski definition) is 3. The SMILES string of the molecule is CCCOc1cncc(C(C)(O)CC2CC2)c1. The molecule has 1 atom stereocenters. The minimum Gasteiger partial charge on any atom is -0.492 e. The van der Waals surface area contributed by atoms with Gasteiger partial charge in [0.1, 0.15) is 5.75 Å². The van der Waals surface area contributed by atoms with Crippen molar-refractivity contribution in [3.63, 3.8) is 0 Å². The number of aliphatic hydroxyl groups is 1. The monoisotopic (exact) mass is 235 g/mol. The van der Waals surface area contributed by atoms with E-state index in [1.54, 1.807) is 12.4 Å². The van der Waals surface area contributed by atoms with Gasteiger partial charge in [-0.25, -0.2) is 0 Å². The van der Waals surface area contributed by atoms with Crippen LogP contribution >= 0.6 is 0 Å². The second kappa shape index (κ2) is 5.05. The summed E-state index contributed by atoms with van der Waals surface area (Å²) in [5.74, 6) is 1.44. The molecule has 1 aromatic heterocycles. The molecule has 1 aromatic rings. The summed E-state index contributed by atoms with van der Waals surface area (Å²) in [6, 6.07) is 1.91. The summed E-state index contributed by atoms with van der Waals surface area (Å²) in [5, 5.41) is 10.5. The molecule has 0 bridgehead atoms. The zero-order chi connectivity index (χ0) is 12.3. The highest BCUT2D eigenvalue weighted by molar-refractivity contribution is 5.27. The van der Waals surface area contributed by atoms with Crippen LogP contribution in [0.25, 0.3) is 0 Å². The normalized spacial score (nSPS) is 18.8. The van der Waals surface area contributed by atoms with Crippen LogP contribution in [0.15, 0.2) is 18.5 Å². The van der Waals surface area contributed by atoms with Gasteiger partial charge in [-0.15, -0.1) is 0 Å². The van der Waals surface area contributed by atoms with Crippen LogP contribution in [0.3, 0.4) is 0 Å². The third kappa shape index (κ3) is 3.43. The standard InChI is InChI=1S/C14H21NO2/c1-3-6-17-13-7-12(9-15-10-13)14(2,16)8-11-4-5-11/h7,9-11,16H,3-6,8H2,1-2H3. The van der Waals surface area contributed by atoms with Crippen molar-refractivity contribution in [3.8, 4) is 5.75 Å². The average Bonchev–Trinajstić information content (AvgIpc) is 3.10. The van der Waals surface area contributed by atoms with Gasteiger partial charge in [-0.1, -0.05) is 19.8 Å². The molecule has 1 aliphatic rings. The minimum atomic E-state index is -0.778. The molecule has 0 radical (unpaired) electrons. The van der Waals surface area contributed by atoms with E-state index in [2.05, 4.69) is 11.9 Å². The zero-order valence-electron chi connectivity index (χ0n) is 10.6. The molecule has 0 amide bonds. The molecule has 3 nitrogen and oxygen atoms in total. The van der Waals surface area contributed by atoms with Gasteiger partial charge in [-0.05, 0) is 31.7 Å². The molecule has 1 saturated carbocycles. The highest BCUT2D eigenvalue weighted by Crippen LogP contribution is 2.40. The molecule has 17 heavy (non-hydrogen) atoms. The van der Waals surface area contributed by atoms with Gasteiger partial charge in [0.15, 0.2) is 0 Å². The van der Waals surface area contributed by atoms with Crippen molar-refractivity contribution in [1.29, 1.82) is 0 Å². The Kier molecular flexibility index (Phi) is 3.67. The molecular weight excluding hydrogens is 214 g/mol. The van der Waals surface area contributed by atoms with E-state index >= 15 is 0 Å². The lowest BCUT2D eigenvalue weighted by atomic mass is 9.91. The van der Waals surface area contributed by atoms with E-state index in [1.807, 2.05) is 13.0 Å². The summed E-state index contributed by atoms with van der Waals surface area (Å²) >= 11 is 0. The number of ether oxygens (including phenoxy) is 1. The fourth-order valence-electron chi connectivity index (χ4n) is 2.01. The summed E-state index contributed by atoms with van der Waals surface area (Å²) in [6.07, 6.45) is 7.73. The van der Waals surface area contributed by atoms with Gasteiger partial charge in [0.2, 0.25) is 0 Å². The molecule has 1 fully saturated rings. The van der Waals surface area contributed by atoms with Crippen molar-refractivity contribution < 1.29 is 9.84 Å². The molecule has 2 rings (SSSR count). The van der Waals surface area contributed by atoms with Crippen molar-refractivity contribution in [2.24, 2.45) is 5.92 Å². The van der Waals surface area contributed by atoms with Crippen LogP contribution in [-0.2, 0) is 5.60 Å². The Labute approximate surface area is 103 Å². The van der Waals surface area contributed by atoms with Crippen molar-refractivity contribution >= 4 is 0 Å². The molecule has 3 heteroatoms. The molecule has 1 heterocycles. The van der Waals surface area contributed by atoms with E-state index in [-0.39, 0.29) is 0 Å². The number of nitrogens with zero attached hydrogens (tertiary/aromatic N) is 1. The molecular formula is C14H21NO2. The van der Waals surface area contributed by atoms with Gasteiger partial charge < -0.3 is 9.84 Å². The largest absolute Gasteiger partial charge is 0.492 e. The van der Waals surface area contributed by atoms with Crippen molar-refractivity contribution in [1.82, 2.24) is 4.98 Å². The zero-order valence-corrected chi connectivity index (χ0v) is 10.6. The van der Waals surface area contributed by atoms with Crippen LogP contribution in [0, 0.1) is 5.92 Å². The number of pyridine rings is 1. The third-order valence-electron chi connectivity index (χ3n) is 3.19. The molecule has 1 aliphatic carbocycles. The number of hydrogen-bond donors (Lipinski definition) is 1. The van der Waals surface area contributed by atoms with Crippen molar-refractivity contribution in [2.45, 2.75) is 45.1 Å².